The molecule has 1 aliphatic heterocycles. The van der Waals surface area contributed by atoms with Crippen molar-refractivity contribution in [1.29, 1.82) is 0 Å². The molecule has 0 aliphatic carbocycles. The van der Waals surface area contributed by atoms with Crippen LogP contribution in [0.25, 0.3) is 0 Å². The lowest BCUT2D eigenvalue weighted by Crippen LogP contribution is -2.43. The van der Waals surface area contributed by atoms with Gasteiger partial charge in [-0.1, -0.05) is 12.1 Å². The van der Waals surface area contributed by atoms with Crippen LogP contribution in [0.2, 0.25) is 0 Å². The minimum absolute atomic E-state index is 0.0863. The van der Waals surface area contributed by atoms with Crippen LogP contribution in [0.4, 0.5) is 11.4 Å². The van der Waals surface area contributed by atoms with E-state index in [1.807, 2.05) is 36.9 Å². The molecule has 0 saturated carbocycles. The van der Waals surface area contributed by atoms with E-state index in [1.54, 1.807) is 6.07 Å². The molecule has 1 aliphatic rings. The molecule has 2 N–H and O–H groups in total. The fraction of sp³-hybridized carbons (Fsp3) is 0.364. The average Bonchev–Trinajstić information content (AvgIpc) is 2.78. The van der Waals surface area contributed by atoms with E-state index >= 15 is 0 Å². The first kappa shape index (κ1) is 22.1. The second-order valence-electron chi connectivity index (χ2n) is 7.57. The number of carbonyl (C=O) groups is 2. The highest BCUT2D eigenvalue weighted by Crippen LogP contribution is 2.31. The monoisotopic (exact) mass is 426 g/mol. The van der Waals surface area contributed by atoms with Crippen LogP contribution in [-0.2, 0) is 4.79 Å². The fourth-order valence-electron chi connectivity index (χ4n) is 3.45. The Labute approximate surface area is 180 Å². The van der Waals surface area contributed by atoms with Gasteiger partial charge in [-0.25, -0.2) is 0 Å². The van der Waals surface area contributed by atoms with Gasteiger partial charge in [0.05, 0.1) is 4.92 Å². The number of piperidine rings is 1. The number of rotatable bonds is 6. The van der Waals surface area contributed by atoms with Gasteiger partial charge >= 0.3 is 0 Å². The van der Waals surface area contributed by atoms with Crippen LogP contribution in [-0.4, -0.2) is 36.4 Å². The lowest BCUT2D eigenvalue weighted by Gasteiger charge is -2.28. The van der Waals surface area contributed by atoms with Gasteiger partial charge in [0.1, 0.15) is 11.4 Å². The number of carbonyl (C=O) groups excluding carboxylic acids is 2. The van der Waals surface area contributed by atoms with E-state index in [-0.39, 0.29) is 17.9 Å². The highest BCUT2D eigenvalue weighted by Gasteiger charge is 2.23. The number of nitrogens with zero attached hydrogens (tertiary/aromatic N) is 2. The van der Waals surface area contributed by atoms with Crippen LogP contribution in [0.1, 0.15) is 40.7 Å². The number of nitrogens with one attached hydrogen (secondary N) is 2. The summed E-state index contributed by atoms with van der Waals surface area (Å²) in [4.78, 5) is 37.4. The first-order chi connectivity index (χ1) is 14.8. The van der Waals surface area contributed by atoms with Crippen molar-refractivity contribution >= 4 is 23.2 Å². The SMILES string of the molecule is Cc1ccc(C)c(OCC(=O)NNC(=O)c2ccc(N3CCCCC3)c([N+](=O)[O-])c2)c1. The average molecular weight is 426 g/mol. The molecule has 0 bridgehead atoms. The van der Waals surface area contributed by atoms with Crippen LogP contribution >= 0.6 is 0 Å². The quantitative estimate of drug-likeness (QED) is 0.542. The Balaban J connectivity index is 1.59. The molecule has 164 valence electrons. The standard InChI is InChI=1S/C22H26N4O5/c1-15-6-7-16(2)20(12-15)31-14-21(27)23-24-22(28)17-8-9-18(19(13-17)26(29)30)25-10-4-3-5-11-25/h6-9,12-13H,3-5,10-11,14H2,1-2H3,(H,23,27)(H,24,28). The van der Waals surface area contributed by atoms with Gasteiger partial charge < -0.3 is 9.64 Å². The molecule has 9 nitrogen and oxygen atoms in total. The van der Waals surface area contributed by atoms with Crippen molar-refractivity contribution in [2.45, 2.75) is 33.1 Å². The normalized spacial score (nSPS) is 13.4. The smallest absolute Gasteiger partial charge is 0.293 e. The van der Waals surface area contributed by atoms with Gasteiger partial charge in [-0.2, -0.15) is 0 Å². The molecule has 2 aromatic carbocycles. The maximum atomic E-state index is 12.4. The van der Waals surface area contributed by atoms with Gasteiger partial charge in [0.15, 0.2) is 6.61 Å². The Morgan fingerprint density at radius 3 is 2.52 bits per heavy atom. The minimum atomic E-state index is -0.645. The predicted molar refractivity (Wildman–Crippen MR) is 116 cm³/mol. The van der Waals surface area contributed by atoms with E-state index in [4.69, 9.17) is 4.74 Å². The molecule has 1 fully saturated rings. The van der Waals surface area contributed by atoms with Crippen LogP contribution in [0.5, 0.6) is 5.75 Å². The number of benzene rings is 2. The number of hydrogen-bond donors (Lipinski definition) is 2. The van der Waals surface area contributed by atoms with Crippen molar-refractivity contribution < 1.29 is 19.2 Å². The molecule has 0 radical (unpaired) electrons. The van der Waals surface area contributed by atoms with E-state index in [9.17, 15) is 19.7 Å². The largest absolute Gasteiger partial charge is 0.483 e. The third-order valence-corrected chi connectivity index (χ3v) is 5.15. The molecule has 9 heteroatoms. The molecule has 0 aromatic heterocycles. The lowest BCUT2D eigenvalue weighted by molar-refractivity contribution is -0.384. The molecular formula is C22H26N4O5. The molecule has 0 atom stereocenters. The number of ether oxygens (including phenoxy) is 1. The second kappa shape index (κ2) is 9.92. The minimum Gasteiger partial charge on any atom is -0.483 e. The molecule has 0 spiro atoms. The summed E-state index contributed by atoms with van der Waals surface area (Å²) in [6.45, 7) is 5.02. The summed E-state index contributed by atoms with van der Waals surface area (Å²) in [5.74, 6) is -0.604. The van der Waals surface area contributed by atoms with E-state index in [0.717, 1.165) is 43.5 Å². The number of amides is 2. The summed E-state index contributed by atoms with van der Waals surface area (Å²) >= 11 is 0. The van der Waals surface area contributed by atoms with Gasteiger partial charge in [-0.05, 0) is 62.4 Å². The molecule has 31 heavy (non-hydrogen) atoms. The second-order valence-corrected chi connectivity index (χ2v) is 7.57. The predicted octanol–water partition coefficient (Wildman–Crippen LogP) is 3.04. The van der Waals surface area contributed by atoms with Crippen molar-refractivity contribution in [3.05, 3.63) is 63.2 Å². The zero-order valence-corrected chi connectivity index (χ0v) is 17.6. The summed E-state index contributed by atoms with van der Waals surface area (Å²) in [7, 11) is 0. The number of anilines is 1. The molecule has 1 saturated heterocycles. The Bertz CT molecular complexity index is 986. The van der Waals surface area contributed by atoms with Crippen LogP contribution in [0.15, 0.2) is 36.4 Å². The highest BCUT2D eigenvalue weighted by molar-refractivity contribution is 5.96. The summed E-state index contributed by atoms with van der Waals surface area (Å²) in [6, 6.07) is 10.0. The molecule has 2 amide bonds. The molecule has 2 aromatic rings. The summed E-state index contributed by atoms with van der Waals surface area (Å²) in [5, 5.41) is 11.5. The van der Waals surface area contributed by atoms with Gasteiger partial charge in [-0.15, -0.1) is 0 Å². The number of aryl methyl sites for hydroxylation is 2. The van der Waals surface area contributed by atoms with Gasteiger partial charge in [-0.3, -0.25) is 30.6 Å². The molecule has 3 rings (SSSR count). The first-order valence-corrected chi connectivity index (χ1v) is 10.2. The number of nitro benzene ring substituents is 1. The third-order valence-electron chi connectivity index (χ3n) is 5.15. The molecular weight excluding hydrogens is 400 g/mol. The zero-order valence-electron chi connectivity index (χ0n) is 17.6. The van der Waals surface area contributed by atoms with Gasteiger partial charge in [0.25, 0.3) is 17.5 Å². The number of nitro groups is 1. The van der Waals surface area contributed by atoms with Crippen molar-refractivity contribution in [3.63, 3.8) is 0 Å². The van der Waals surface area contributed by atoms with E-state index in [2.05, 4.69) is 10.9 Å². The Kier molecular flexibility index (Phi) is 7.07. The van der Waals surface area contributed by atoms with E-state index < -0.39 is 16.7 Å². The fourth-order valence-corrected chi connectivity index (χ4v) is 3.45. The van der Waals surface area contributed by atoms with E-state index in [1.165, 1.54) is 12.1 Å². The Morgan fingerprint density at radius 1 is 1.06 bits per heavy atom. The Morgan fingerprint density at radius 2 is 1.81 bits per heavy atom. The van der Waals surface area contributed by atoms with Crippen molar-refractivity contribution in [1.82, 2.24) is 10.9 Å². The molecule has 0 unspecified atom stereocenters. The first-order valence-electron chi connectivity index (χ1n) is 10.2. The summed E-state index contributed by atoms with van der Waals surface area (Å²) in [5.41, 5.74) is 6.90. The number of hydrogen-bond acceptors (Lipinski definition) is 6. The maximum absolute atomic E-state index is 12.4. The third kappa shape index (κ3) is 5.71. The summed E-state index contributed by atoms with van der Waals surface area (Å²) in [6.07, 6.45) is 3.07. The van der Waals surface area contributed by atoms with Gasteiger partial charge in [0.2, 0.25) is 0 Å². The zero-order chi connectivity index (χ0) is 22.4. The van der Waals surface area contributed by atoms with Crippen LogP contribution < -0.4 is 20.5 Å². The van der Waals surface area contributed by atoms with Crippen molar-refractivity contribution in [2.75, 3.05) is 24.6 Å². The van der Waals surface area contributed by atoms with Crippen LogP contribution in [0, 0.1) is 24.0 Å². The van der Waals surface area contributed by atoms with Gasteiger partial charge in [0, 0.05) is 24.7 Å². The number of hydrazine groups is 1. The maximum Gasteiger partial charge on any atom is 0.293 e. The topological polar surface area (TPSA) is 114 Å². The van der Waals surface area contributed by atoms with Crippen molar-refractivity contribution in [3.8, 4) is 5.75 Å². The van der Waals surface area contributed by atoms with Crippen LogP contribution in [0.3, 0.4) is 0 Å². The lowest BCUT2D eigenvalue weighted by atomic mass is 10.1. The molecule has 1 heterocycles. The van der Waals surface area contributed by atoms with Crippen molar-refractivity contribution in [2.24, 2.45) is 0 Å². The van der Waals surface area contributed by atoms with E-state index in [0.29, 0.717) is 11.4 Å². The Hall–Kier alpha value is -3.62. The summed E-state index contributed by atoms with van der Waals surface area (Å²) < 4.78 is 5.49. The highest BCUT2D eigenvalue weighted by atomic mass is 16.6.